The van der Waals surface area contributed by atoms with Gasteiger partial charge in [0.15, 0.2) is 0 Å². The normalized spacial score (nSPS) is 16.8. The lowest BCUT2D eigenvalue weighted by Gasteiger charge is -2.17. The first-order valence-corrected chi connectivity index (χ1v) is 8.57. The molecule has 0 spiro atoms. The summed E-state index contributed by atoms with van der Waals surface area (Å²) in [5.74, 6) is -0.0361. The molecule has 0 radical (unpaired) electrons. The topological polar surface area (TPSA) is 61.4 Å². The Labute approximate surface area is 155 Å². The number of carbonyl (C=O) groups excluding carboxylic acids is 2. The molecule has 1 aliphatic rings. The summed E-state index contributed by atoms with van der Waals surface area (Å²) in [4.78, 5) is 26.0. The molecule has 3 amide bonds. The molecule has 1 heterocycles. The predicted octanol–water partition coefficient (Wildman–Crippen LogP) is 4.23. The molecule has 3 rings (SSSR count). The molecule has 2 aromatic carbocycles. The Morgan fingerprint density at radius 2 is 1.88 bits per heavy atom. The van der Waals surface area contributed by atoms with Gasteiger partial charge in [-0.2, -0.15) is 0 Å². The molecule has 0 bridgehead atoms. The average molecular weight is 378 g/mol. The number of nitrogens with one attached hydrogen (secondary N) is 2. The quantitative estimate of drug-likeness (QED) is 0.840. The molecule has 130 valence electrons. The minimum absolute atomic E-state index is 0.0361. The van der Waals surface area contributed by atoms with Crippen molar-refractivity contribution in [2.45, 2.75) is 19.4 Å². The fourth-order valence-electron chi connectivity index (χ4n) is 2.70. The molecule has 1 saturated heterocycles. The van der Waals surface area contributed by atoms with Gasteiger partial charge in [0.2, 0.25) is 5.91 Å². The van der Waals surface area contributed by atoms with Crippen molar-refractivity contribution in [2.24, 2.45) is 0 Å². The fourth-order valence-corrected chi connectivity index (χ4v) is 3.00. The minimum atomic E-state index is -0.365. The van der Waals surface area contributed by atoms with Gasteiger partial charge >= 0.3 is 6.03 Å². The molecular weight excluding hydrogens is 361 g/mol. The highest BCUT2D eigenvalue weighted by Crippen LogP contribution is 2.24. The van der Waals surface area contributed by atoms with Crippen LogP contribution in [-0.2, 0) is 4.79 Å². The Balaban J connectivity index is 1.60. The number of benzene rings is 2. The van der Waals surface area contributed by atoms with Crippen molar-refractivity contribution in [3.8, 4) is 0 Å². The van der Waals surface area contributed by atoms with Gasteiger partial charge in [-0.3, -0.25) is 4.79 Å². The Bertz CT molecular complexity index is 808. The molecule has 1 atom stereocenters. The number of hydrogen-bond donors (Lipinski definition) is 2. The third kappa shape index (κ3) is 4.24. The van der Waals surface area contributed by atoms with Gasteiger partial charge in [0, 0.05) is 34.4 Å². The molecular formula is C18H17Cl2N3O2. The van der Waals surface area contributed by atoms with Crippen molar-refractivity contribution in [1.29, 1.82) is 0 Å². The molecule has 0 aromatic heterocycles. The van der Waals surface area contributed by atoms with Crippen LogP contribution in [0, 0.1) is 6.92 Å². The summed E-state index contributed by atoms with van der Waals surface area (Å²) in [6.45, 7) is 2.31. The molecule has 2 aromatic rings. The number of urea groups is 1. The lowest BCUT2D eigenvalue weighted by Crippen LogP contribution is -2.39. The molecule has 0 saturated carbocycles. The van der Waals surface area contributed by atoms with E-state index in [2.05, 4.69) is 10.6 Å². The highest BCUT2D eigenvalue weighted by atomic mass is 35.5. The Morgan fingerprint density at radius 1 is 1.16 bits per heavy atom. The van der Waals surface area contributed by atoms with E-state index in [1.165, 1.54) is 0 Å². The number of carbonyl (C=O) groups is 2. The van der Waals surface area contributed by atoms with E-state index in [0.717, 1.165) is 11.3 Å². The fraction of sp³-hybridized carbons (Fsp3) is 0.222. The zero-order chi connectivity index (χ0) is 18.0. The molecule has 5 nitrogen and oxygen atoms in total. The molecule has 1 fully saturated rings. The van der Waals surface area contributed by atoms with Crippen LogP contribution in [0.3, 0.4) is 0 Å². The molecule has 2 N–H and O–H groups in total. The van der Waals surface area contributed by atoms with Crippen LogP contribution in [0.4, 0.5) is 16.2 Å². The zero-order valence-corrected chi connectivity index (χ0v) is 15.1. The lowest BCUT2D eigenvalue weighted by atomic mass is 10.2. The van der Waals surface area contributed by atoms with E-state index in [0.29, 0.717) is 22.3 Å². The molecule has 25 heavy (non-hydrogen) atoms. The second kappa shape index (κ2) is 7.33. The van der Waals surface area contributed by atoms with Crippen molar-refractivity contribution in [3.05, 3.63) is 58.1 Å². The van der Waals surface area contributed by atoms with Gasteiger partial charge < -0.3 is 15.5 Å². The van der Waals surface area contributed by atoms with Gasteiger partial charge in [-0.15, -0.1) is 0 Å². The Hall–Kier alpha value is -2.24. The van der Waals surface area contributed by atoms with Crippen LogP contribution in [-0.4, -0.2) is 24.5 Å². The summed E-state index contributed by atoms with van der Waals surface area (Å²) in [5.41, 5.74) is 2.31. The third-order valence-electron chi connectivity index (χ3n) is 4.03. The van der Waals surface area contributed by atoms with Crippen LogP contribution in [0.25, 0.3) is 0 Å². The first kappa shape index (κ1) is 17.6. The van der Waals surface area contributed by atoms with E-state index in [9.17, 15) is 9.59 Å². The van der Waals surface area contributed by atoms with E-state index >= 15 is 0 Å². The average Bonchev–Trinajstić information content (AvgIpc) is 2.92. The van der Waals surface area contributed by atoms with E-state index in [4.69, 9.17) is 23.2 Å². The molecule has 7 heteroatoms. The number of aryl methyl sites for hydroxylation is 1. The van der Waals surface area contributed by atoms with E-state index in [1.54, 1.807) is 41.3 Å². The van der Waals surface area contributed by atoms with Gasteiger partial charge in [-0.05, 0) is 48.9 Å². The first-order valence-electron chi connectivity index (χ1n) is 7.82. The zero-order valence-electron chi connectivity index (χ0n) is 13.6. The summed E-state index contributed by atoms with van der Waals surface area (Å²) in [6, 6.07) is 11.7. The van der Waals surface area contributed by atoms with Gasteiger partial charge in [-0.1, -0.05) is 29.3 Å². The number of amides is 3. The highest BCUT2D eigenvalue weighted by molar-refractivity contribution is 6.31. The van der Waals surface area contributed by atoms with Crippen molar-refractivity contribution < 1.29 is 9.59 Å². The maximum atomic E-state index is 12.2. The van der Waals surface area contributed by atoms with Crippen LogP contribution in [0.15, 0.2) is 42.5 Å². The maximum Gasteiger partial charge on any atom is 0.319 e. The van der Waals surface area contributed by atoms with Gasteiger partial charge in [0.1, 0.15) is 0 Å². The molecule has 0 aliphatic carbocycles. The largest absolute Gasteiger partial charge is 0.333 e. The van der Waals surface area contributed by atoms with Crippen molar-refractivity contribution in [2.75, 3.05) is 16.8 Å². The van der Waals surface area contributed by atoms with Crippen molar-refractivity contribution >= 4 is 46.5 Å². The Morgan fingerprint density at radius 3 is 2.56 bits per heavy atom. The molecule has 1 unspecified atom stereocenters. The SMILES string of the molecule is Cc1ccc(NC(=O)NC2CC(=O)N(c3ccc(Cl)cc3)C2)cc1Cl. The standard InChI is InChI=1S/C18H17Cl2N3O2/c1-11-2-5-13(8-16(11)20)21-18(25)22-14-9-17(24)23(10-14)15-6-3-12(19)4-7-15/h2-8,14H,9-10H2,1H3,(H2,21,22,25). The first-order chi connectivity index (χ1) is 11.9. The lowest BCUT2D eigenvalue weighted by molar-refractivity contribution is -0.117. The van der Waals surface area contributed by atoms with Crippen LogP contribution < -0.4 is 15.5 Å². The maximum absolute atomic E-state index is 12.2. The number of rotatable bonds is 3. The Kier molecular flexibility index (Phi) is 5.16. The predicted molar refractivity (Wildman–Crippen MR) is 101 cm³/mol. The van der Waals surface area contributed by atoms with Gasteiger partial charge in [-0.25, -0.2) is 4.79 Å². The van der Waals surface area contributed by atoms with Crippen LogP contribution in [0.2, 0.25) is 10.0 Å². The van der Waals surface area contributed by atoms with Gasteiger partial charge in [0.05, 0.1) is 6.04 Å². The minimum Gasteiger partial charge on any atom is -0.333 e. The molecule has 1 aliphatic heterocycles. The number of nitrogens with zero attached hydrogens (tertiary/aromatic N) is 1. The highest BCUT2D eigenvalue weighted by Gasteiger charge is 2.31. The summed E-state index contributed by atoms with van der Waals surface area (Å²) >= 11 is 11.9. The van der Waals surface area contributed by atoms with Crippen molar-refractivity contribution in [1.82, 2.24) is 5.32 Å². The van der Waals surface area contributed by atoms with Crippen LogP contribution in [0.5, 0.6) is 0 Å². The van der Waals surface area contributed by atoms with Crippen LogP contribution >= 0.6 is 23.2 Å². The smallest absolute Gasteiger partial charge is 0.319 e. The van der Waals surface area contributed by atoms with E-state index in [-0.39, 0.29) is 24.4 Å². The van der Waals surface area contributed by atoms with Crippen LogP contribution in [0.1, 0.15) is 12.0 Å². The summed E-state index contributed by atoms with van der Waals surface area (Å²) < 4.78 is 0. The van der Waals surface area contributed by atoms with Crippen molar-refractivity contribution in [3.63, 3.8) is 0 Å². The number of hydrogen-bond acceptors (Lipinski definition) is 2. The summed E-state index contributed by atoms with van der Waals surface area (Å²) in [5, 5.41) is 6.75. The number of anilines is 2. The van der Waals surface area contributed by atoms with E-state index in [1.807, 2.05) is 13.0 Å². The monoisotopic (exact) mass is 377 g/mol. The summed E-state index contributed by atoms with van der Waals surface area (Å²) in [6.07, 6.45) is 0.255. The second-order valence-electron chi connectivity index (χ2n) is 5.94. The number of halogens is 2. The van der Waals surface area contributed by atoms with E-state index < -0.39 is 0 Å². The second-order valence-corrected chi connectivity index (χ2v) is 6.79. The third-order valence-corrected chi connectivity index (χ3v) is 4.69. The van der Waals surface area contributed by atoms with Gasteiger partial charge in [0.25, 0.3) is 0 Å². The summed E-state index contributed by atoms with van der Waals surface area (Å²) in [7, 11) is 0.